The van der Waals surface area contributed by atoms with E-state index in [-0.39, 0.29) is 0 Å². The topological polar surface area (TPSA) is 52.6 Å². The molecule has 0 radical (unpaired) electrons. The molecule has 0 bridgehead atoms. The number of nitrogens with zero attached hydrogens (tertiary/aromatic N) is 1. The first-order valence-electron chi connectivity index (χ1n) is 5.82. The number of aryl methyl sites for hydroxylation is 1. The standard InChI is InChI=1S/C14H20N2O2/c1-10(7-14(17)18)9-15-12-6-5-11(2)13(8-12)16(3)4/h5-8,15H,9H2,1-4H3,(H,17,18)/b10-7+. The van der Waals surface area contributed by atoms with E-state index in [2.05, 4.69) is 23.2 Å². The highest BCUT2D eigenvalue weighted by Crippen LogP contribution is 2.22. The molecule has 0 amide bonds. The Hall–Kier alpha value is -1.97. The molecule has 0 aliphatic carbocycles. The van der Waals surface area contributed by atoms with Crippen molar-refractivity contribution < 1.29 is 9.90 Å². The first kappa shape index (κ1) is 14.1. The maximum atomic E-state index is 10.5. The molecule has 1 aromatic rings. The second-order valence-corrected chi connectivity index (χ2v) is 4.58. The minimum absolute atomic E-state index is 0.530. The molecule has 0 saturated carbocycles. The van der Waals surface area contributed by atoms with Gasteiger partial charge in [0.1, 0.15) is 0 Å². The van der Waals surface area contributed by atoms with Gasteiger partial charge in [0.2, 0.25) is 0 Å². The molecule has 4 nitrogen and oxygen atoms in total. The lowest BCUT2D eigenvalue weighted by atomic mass is 10.1. The van der Waals surface area contributed by atoms with Gasteiger partial charge in [0.15, 0.2) is 0 Å². The van der Waals surface area contributed by atoms with Crippen LogP contribution >= 0.6 is 0 Å². The summed E-state index contributed by atoms with van der Waals surface area (Å²) in [5.41, 5.74) is 4.14. The van der Waals surface area contributed by atoms with Crippen LogP contribution < -0.4 is 10.2 Å². The highest BCUT2D eigenvalue weighted by molar-refractivity contribution is 5.80. The first-order chi connectivity index (χ1) is 8.40. The van der Waals surface area contributed by atoms with Crippen molar-refractivity contribution in [1.29, 1.82) is 0 Å². The monoisotopic (exact) mass is 248 g/mol. The van der Waals surface area contributed by atoms with Crippen molar-refractivity contribution in [3.8, 4) is 0 Å². The van der Waals surface area contributed by atoms with Gasteiger partial charge in [-0.15, -0.1) is 0 Å². The van der Waals surface area contributed by atoms with Gasteiger partial charge < -0.3 is 15.3 Å². The van der Waals surface area contributed by atoms with Gasteiger partial charge in [0.05, 0.1) is 0 Å². The molecule has 1 aromatic carbocycles. The predicted molar refractivity (Wildman–Crippen MR) is 75.4 cm³/mol. The lowest BCUT2D eigenvalue weighted by Gasteiger charge is -2.17. The van der Waals surface area contributed by atoms with Gasteiger partial charge in [-0.3, -0.25) is 0 Å². The van der Waals surface area contributed by atoms with Gasteiger partial charge in [-0.25, -0.2) is 4.79 Å². The molecule has 0 spiro atoms. The first-order valence-corrected chi connectivity index (χ1v) is 5.82. The number of anilines is 2. The van der Waals surface area contributed by atoms with Crippen LogP contribution in [-0.4, -0.2) is 31.7 Å². The zero-order valence-corrected chi connectivity index (χ0v) is 11.3. The van der Waals surface area contributed by atoms with Crippen LogP contribution in [0.1, 0.15) is 12.5 Å². The SMILES string of the molecule is C/C(=C\C(=O)O)CNc1ccc(C)c(N(C)C)c1. The summed E-state index contributed by atoms with van der Waals surface area (Å²) in [6.07, 6.45) is 1.22. The number of hydrogen-bond acceptors (Lipinski definition) is 3. The molecule has 18 heavy (non-hydrogen) atoms. The smallest absolute Gasteiger partial charge is 0.328 e. The van der Waals surface area contributed by atoms with Crippen molar-refractivity contribution >= 4 is 17.3 Å². The maximum Gasteiger partial charge on any atom is 0.328 e. The average molecular weight is 248 g/mol. The van der Waals surface area contributed by atoms with Crippen LogP contribution in [0.2, 0.25) is 0 Å². The number of hydrogen-bond donors (Lipinski definition) is 2. The van der Waals surface area contributed by atoms with E-state index < -0.39 is 5.97 Å². The molecular weight excluding hydrogens is 228 g/mol. The summed E-state index contributed by atoms with van der Waals surface area (Å²) in [6, 6.07) is 6.10. The normalized spacial score (nSPS) is 11.2. The van der Waals surface area contributed by atoms with E-state index in [1.165, 1.54) is 11.6 Å². The third-order valence-electron chi connectivity index (χ3n) is 2.63. The minimum Gasteiger partial charge on any atom is -0.478 e. The van der Waals surface area contributed by atoms with Crippen molar-refractivity contribution in [2.75, 3.05) is 30.9 Å². The Morgan fingerprint density at radius 2 is 2.11 bits per heavy atom. The van der Waals surface area contributed by atoms with Gasteiger partial charge in [0, 0.05) is 38.1 Å². The van der Waals surface area contributed by atoms with Crippen LogP contribution in [0.15, 0.2) is 29.8 Å². The lowest BCUT2D eigenvalue weighted by molar-refractivity contribution is -0.131. The Balaban J connectivity index is 2.74. The summed E-state index contributed by atoms with van der Waals surface area (Å²) in [7, 11) is 4.00. The molecule has 0 atom stereocenters. The molecule has 2 N–H and O–H groups in total. The summed E-state index contributed by atoms with van der Waals surface area (Å²) in [4.78, 5) is 12.6. The Bertz CT molecular complexity index is 465. The van der Waals surface area contributed by atoms with E-state index in [1.807, 2.05) is 26.2 Å². The second kappa shape index (κ2) is 6.10. The number of nitrogens with one attached hydrogen (secondary N) is 1. The molecule has 98 valence electrons. The van der Waals surface area contributed by atoms with Gasteiger partial charge >= 0.3 is 5.97 Å². The highest BCUT2D eigenvalue weighted by atomic mass is 16.4. The third-order valence-corrected chi connectivity index (χ3v) is 2.63. The number of carbonyl (C=O) groups is 1. The third kappa shape index (κ3) is 4.13. The predicted octanol–water partition coefficient (Wildman–Crippen LogP) is 2.50. The lowest BCUT2D eigenvalue weighted by Crippen LogP contribution is -2.11. The number of carboxylic acid groups (broad SMARTS) is 1. The van der Waals surface area contributed by atoms with Crippen LogP contribution in [0.25, 0.3) is 0 Å². The van der Waals surface area contributed by atoms with Crippen LogP contribution in [0.3, 0.4) is 0 Å². The van der Waals surface area contributed by atoms with E-state index in [0.717, 1.165) is 16.9 Å². The van der Waals surface area contributed by atoms with Crippen LogP contribution in [0.5, 0.6) is 0 Å². The molecule has 0 unspecified atom stereocenters. The minimum atomic E-state index is -0.910. The van der Waals surface area contributed by atoms with Crippen molar-refractivity contribution in [1.82, 2.24) is 0 Å². The second-order valence-electron chi connectivity index (χ2n) is 4.58. The number of rotatable bonds is 5. The van der Waals surface area contributed by atoms with E-state index in [0.29, 0.717) is 6.54 Å². The maximum absolute atomic E-state index is 10.5. The van der Waals surface area contributed by atoms with E-state index in [9.17, 15) is 4.79 Å². The number of aliphatic carboxylic acids is 1. The van der Waals surface area contributed by atoms with Gasteiger partial charge in [0.25, 0.3) is 0 Å². The van der Waals surface area contributed by atoms with Crippen molar-refractivity contribution in [3.05, 3.63) is 35.4 Å². The van der Waals surface area contributed by atoms with Crippen LogP contribution in [0, 0.1) is 6.92 Å². The van der Waals surface area contributed by atoms with Gasteiger partial charge in [-0.2, -0.15) is 0 Å². The Labute approximate surface area is 108 Å². The molecule has 0 aliphatic rings. The summed E-state index contributed by atoms with van der Waals surface area (Å²) < 4.78 is 0. The van der Waals surface area contributed by atoms with E-state index in [4.69, 9.17) is 5.11 Å². The molecule has 0 aromatic heterocycles. The zero-order valence-electron chi connectivity index (χ0n) is 11.3. The number of benzene rings is 1. The van der Waals surface area contributed by atoms with Crippen molar-refractivity contribution in [2.45, 2.75) is 13.8 Å². The van der Waals surface area contributed by atoms with Crippen molar-refractivity contribution in [2.24, 2.45) is 0 Å². The Kier molecular flexibility index (Phi) is 4.77. The van der Waals surface area contributed by atoms with E-state index in [1.54, 1.807) is 6.92 Å². The fourth-order valence-electron chi connectivity index (χ4n) is 1.70. The fraction of sp³-hybridized carbons (Fsp3) is 0.357. The summed E-state index contributed by atoms with van der Waals surface area (Å²) in [6.45, 7) is 4.39. The highest BCUT2D eigenvalue weighted by Gasteiger charge is 2.02. The van der Waals surface area contributed by atoms with Gasteiger partial charge in [-0.05, 0) is 37.1 Å². The van der Waals surface area contributed by atoms with Crippen molar-refractivity contribution in [3.63, 3.8) is 0 Å². The molecule has 0 saturated heterocycles. The molecule has 0 aliphatic heterocycles. The van der Waals surface area contributed by atoms with Gasteiger partial charge in [-0.1, -0.05) is 6.07 Å². The largest absolute Gasteiger partial charge is 0.478 e. The van der Waals surface area contributed by atoms with Crippen LogP contribution in [-0.2, 0) is 4.79 Å². The Morgan fingerprint density at radius 3 is 2.67 bits per heavy atom. The summed E-state index contributed by atoms with van der Waals surface area (Å²) in [5.74, 6) is -0.910. The molecule has 0 fully saturated rings. The van der Waals surface area contributed by atoms with E-state index >= 15 is 0 Å². The summed E-state index contributed by atoms with van der Waals surface area (Å²) in [5, 5.41) is 11.8. The molecule has 0 heterocycles. The quantitative estimate of drug-likeness (QED) is 0.786. The Morgan fingerprint density at radius 1 is 1.44 bits per heavy atom. The molecule has 1 rings (SSSR count). The summed E-state index contributed by atoms with van der Waals surface area (Å²) >= 11 is 0. The number of carboxylic acids is 1. The average Bonchev–Trinajstić information content (AvgIpc) is 2.26. The molecule has 4 heteroatoms. The fourth-order valence-corrected chi connectivity index (χ4v) is 1.70. The molecular formula is C14H20N2O2. The van der Waals surface area contributed by atoms with Crippen LogP contribution in [0.4, 0.5) is 11.4 Å². The zero-order chi connectivity index (χ0) is 13.7.